The summed E-state index contributed by atoms with van der Waals surface area (Å²) in [6, 6.07) is 0. The lowest BCUT2D eigenvalue weighted by Gasteiger charge is -2.09. The van der Waals surface area contributed by atoms with Crippen LogP contribution in [0.5, 0.6) is 0 Å². The summed E-state index contributed by atoms with van der Waals surface area (Å²) in [6.45, 7) is 0.779. The molecule has 0 aliphatic carbocycles. The summed E-state index contributed by atoms with van der Waals surface area (Å²) in [7, 11) is 0. The molecule has 0 saturated heterocycles. The van der Waals surface area contributed by atoms with Gasteiger partial charge in [-0.1, -0.05) is 11.6 Å². The second kappa shape index (κ2) is 7.58. The number of halogens is 1. The summed E-state index contributed by atoms with van der Waals surface area (Å²) in [5, 5.41) is 15.9. The Bertz CT molecular complexity index is 411. The van der Waals surface area contributed by atoms with E-state index < -0.39 is 0 Å². The van der Waals surface area contributed by atoms with Gasteiger partial charge in [0, 0.05) is 6.54 Å². The molecule has 7 heteroatoms. The Kier molecular flexibility index (Phi) is 6.39. The molecule has 5 nitrogen and oxygen atoms in total. The van der Waals surface area contributed by atoms with Gasteiger partial charge in [-0.25, -0.2) is 4.68 Å². The summed E-state index contributed by atoms with van der Waals surface area (Å²) < 4.78 is 1.15. The molecule has 17 heavy (non-hydrogen) atoms. The highest BCUT2D eigenvalue weighted by Gasteiger charge is 2.08. The Balaban J connectivity index is 2.68. The topological polar surface area (TPSA) is 67.2 Å². The number of anilines is 1. The zero-order valence-corrected chi connectivity index (χ0v) is 11.2. The minimum Gasteiger partial charge on any atom is -0.394 e. The molecule has 0 saturated carbocycles. The van der Waals surface area contributed by atoms with Gasteiger partial charge in [-0.2, -0.15) is 16.9 Å². The second-order valence-electron chi connectivity index (χ2n) is 3.40. The molecule has 1 rings (SSSR count). The number of hydrogen-bond acceptors (Lipinski definition) is 5. The van der Waals surface area contributed by atoms with Crippen LogP contribution in [0.4, 0.5) is 5.69 Å². The highest BCUT2D eigenvalue weighted by Crippen LogP contribution is 2.15. The first kappa shape index (κ1) is 14.3. The zero-order valence-electron chi connectivity index (χ0n) is 9.65. The molecule has 1 aromatic heterocycles. The number of nitrogens with zero attached hydrogens (tertiary/aromatic N) is 2. The smallest absolute Gasteiger partial charge is 0.287 e. The highest BCUT2D eigenvalue weighted by atomic mass is 35.5. The summed E-state index contributed by atoms with van der Waals surface area (Å²) >= 11 is 7.70. The predicted molar refractivity (Wildman–Crippen MR) is 72.1 cm³/mol. The summed E-state index contributed by atoms with van der Waals surface area (Å²) in [6.07, 6.45) is 4.56. The largest absolute Gasteiger partial charge is 0.394 e. The van der Waals surface area contributed by atoms with Gasteiger partial charge in [-0.3, -0.25) is 4.79 Å². The van der Waals surface area contributed by atoms with Crippen molar-refractivity contribution in [3.05, 3.63) is 21.6 Å². The van der Waals surface area contributed by atoms with E-state index in [1.165, 1.54) is 6.20 Å². The van der Waals surface area contributed by atoms with E-state index in [9.17, 15) is 4.79 Å². The van der Waals surface area contributed by atoms with Crippen LogP contribution < -0.4 is 10.9 Å². The molecule has 1 aromatic rings. The molecule has 0 aromatic carbocycles. The van der Waals surface area contributed by atoms with E-state index in [2.05, 4.69) is 10.4 Å². The Morgan fingerprint density at radius 3 is 3.06 bits per heavy atom. The van der Waals surface area contributed by atoms with E-state index in [1.54, 1.807) is 11.8 Å². The molecule has 0 atom stereocenters. The maximum atomic E-state index is 11.7. The molecule has 0 amide bonds. The fourth-order valence-electron chi connectivity index (χ4n) is 1.28. The molecule has 0 unspecified atom stereocenters. The summed E-state index contributed by atoms with van der Waals surface area (Å²) in [4.78, 5) is 11.7. The Morgan fingerprint density at radius 1 is 1.65 bits per heavy atom. The van der Waals surface area contributed by atoms with Gasteiger partial charge in [0.2, 0.25) is 0 Å². The molecule has 0 fully saturated rings. The van der Waals surface area contributed by atoms with Crippen molar-refractivity contribution in [2.75, 3.05) is 30.5 Å². The van der Waals surface area contributed by atoms with Gasteiger partial charge < -0.3 is 10.4 Å². The lowest BCUT2D eigenvalue weighted by Crippen LogP contribution is -2.25. The fourth-order valence-corrected chi connectivity index (χ4v) is 1.93. The SMILES string of the molecule is CSCCCNc1cnn(CCO)c(=O)c1Cl. The average molecular weight is 278 g/mol. The molecule has 0 aliphatic rings. The van der Waals surface area contributed by atoms with Crippen molar-refractivity contribution in [2.24, 2.45) is 0 Å². The van der Waals surface area contributed by atoms with Crippen molar-refractivity contribution in [3.8, 4) is 0 Å². The van der Waals surface area contributed by atoms with E-state index in [0.717, 1.165) is 23.4 Å². The van der Waals surface area contributed by atoms with Crippen molar-refractivity contribution in [2.45, 2.75) is 13.0 Å². The molecule has 0 aliphatic heterocycles. The molecular formula is C10H16ClN3O2S. The van der Waals surface area contributed by atoms with Gasteiger partial charge >= 0.3 is 0 Å². The van der Waals surface area contributed by atoms with Crippen molar-refractivity contribution < 1.29 is 5.11 Å². The Hall–Kier alpha value is -0.720. The number of thioether (sulfide) groups is 1. The standard InChI is InChI=1S/C10H16ClN3O2S/c1-17-6-2-3-12-8-7-13-14(4-5-15)10(16)9(8)11/h7,12,15H,2-6H2,1H3. The van der Waals surface area contributed by atoms with Gasteiger partial charge in [-0.15, -0.1) is 0 Å². The number of nitrogens with one attached hydrogen (secondary N) is 1. The van der Waals surface area contributed by atoms with Crippen LogP contribution in [-0.4, -0.2) is 40.0 Å². The van der Waals surface area contributed by atoms with Crippen LogP contribution >= 0.6 is 23.4 Å². The zero-order chi connectivity index (χ0) is 12.7. The Labute approximate surface area is 109 Å². The lowest BCUT2D eigenvalue weighted by atomic mass is 10.4. The van der Waals surface area contributed by atoms with Crippen LogP contribution in [0.15, 0.2) is 11.0 Å². The van der Waals surface area contributed by atoms with Crippen molar-refractivity contribution in [1.82, 2.24) is 9.78 Å². The van der Waals surface area contributed by atoms with E-state index >= 15 is 0 Å². The Morgan fingerprint density at radius 2 is 2.41 bits per heavy atom. The quantitative estimate of drug-likeness (QED) is 0.730. The molecule has 0 radical (unpaired) electrons. The first-order valence-electron chi connectivity index (χ1n) is 5.30. The minimum absolute atomic E-state index is 0.123. The van der Waals surface area contributed by atoms with Crippen molar-refractivity contribution in [3.63, 3.8) is 0 Å². The third-order valence-electron chi connectivity index (χ3n) is 2.14. The van der Waals surface area contributed by atoms with Gasteiger partial charge in [0.25, 0.3) is 5.56 Å². The molecule has 0 bridgehead atoms. The third-order valence-corrected chi connectivity index (χ3v) is 3.20. The molecule has 0 spiro atoms. The van der Waals surface area contributed by atoms with Crippen LogP contribution in [0.1, 0.15) is 6.42 Å². The molecular weight excluding hydrogens is 262 g/mol. The summed E-state index contributed by atoms with van der Waals surface area (Å²) in [5.41, 5.74) is 0.169. The summed E-state index contributed by atoms with van der Waals surface area (Å²) in [5.74, 6) is 1.06. The molecule has 2 N–H and O–H groups in total. The van der Waals surface area contributed by atoms with Crippen LogP contribution in [0.2, 0.25) is 5.02 Å². The minimum atomic E-state index is -0.379. The third kappa shape index (κ3) is 4.22. The van der Waals surface area contributed by atoms with Crippen molar-refractivity contribution >= 4 is 29.1 Å². The van der Waals surface area contributed by atoms with E-state index in [4.69, 9.17) is 16.7 Å². The number of rotatable bonds is 7. The number of hydrogen-bond donors (Lipinski definition) is 2. The average Bonchev–Trinajstić information content (AvgIpc) is 2.33. The number of aromatic nitrogens is 2. The lowest BCUT2D eigenvalue weighted by molar-refractivity contribution is 0.266. The van der Waals surface area contributed by atoms with Crippen molar-refractivity contribution in [1.29, 1.82) is 0 Å². The monoisotopic (exact) mass is 277 g/mol. The van der Waals surface area contributed by atoms with Crippen LogP contribution in [0.3, 0.4) is 0 Å². The van der Waals surface area contributed by atoms with E-state index in [-0.39, 0.29) is 23.7 Å². The maximum Gasteiger partial charge on any atom is 0.287 e. The van der Waals surface area contributed by atoms with Crippen LogP contribution in [0, 0.1) is 0 Å². The fraction of sp³-hybridized carbons (Fsp3) is 0.600. The van der Waals surface area contributed by atoms with Gasteiger partial charge in [0.15, 0.2) is 0 Å². The number of aliphatic hydroxyl groups is 1. The van der Waals surface area contributed by atoms with Crippen LogP contribution in [0.25, 0.3) is 0 Å². The van der Waals surface area contributed by atoms with Gasteiger partial charge in [-0.05, 0) is 18.4 Å². The van der Waals surface area contributed by atoms with E-state index in [1.807, 2.05) is 6.26 Å². The first-order chi connectivity index (χ1) is 8.20. The second-order valence-corrected chi connectivity index (χ2v) is 4.76. The highest BCUT2D eigenvalue weighted by molar-refractivity contribution is 7.98. The molecule has 1 heterocycles. The maximum absolute atomic E-state index is 11.7. The number of aliphatic hydroxyl groups excluding tert-OH is 1. The normalized spacial score (nSPS) is 10.5. The molecule has 96 valence electrons. The predicted octanol–water partition coefficient (Wildman–Crippen LogP) is 1.05. The first-order valence-corrected chi connectivity index (χ1v) is 7.07. The van der Waals surface area contributed by atoms with Gasteiger partial charge in [0.05, 0.1) is 25.0 Å². The van der Waals surface area contributed by atoms with E-state index in [0.29, 0.717) is 5.69 Å². The van der Waals surface area contributed by atoms with Crippen LogP contribution in [-0.2, 0) is 6.54 Å². The van der Waals surface area contributed by atoms with Gasteiger partial charge in [0.1, 0.15) is 5.02 Å².